The average Bonchev–Trinajstić information content (AvgIpc) is 2.55. The quantitative estimate of drug-likeness (QED) is 0.316. The Bertz CT molecular complexity index is 625. The highest BCUT2D eigenvalue weighted by Gasteiger charge is 2.26. The molecule has 148 valence electrons. The molecule has 0 spiro atoms. The number of nitrogens with one attached hydrogen (secondary N) is 3. The first-order valence-electron chi connectivity index (χ1n) is 7.90. The maximum absolute atomic E-state index is 12.5. The van der Waals surface area contributed by atoms with Crippen LogP contribution in [0.4, 0.5) is 8.78 Å². The van der Waals surface area contributed by atoms with Crippen molar-refractivity contribution in [1.82, 2.24) is 16.0 Å². The third kappa shape index (κ3) is 7.71. The number of hydrogen-bond acceptors (Lipinski definition) is 3. The molecule has 1 aromatic rings. The maximum atomic E-state index is 12.5. The second-order valence-electron chi connectivity index (χ2n) is 6.23. The van der Waals surface area contributed by atoms with E-state index in [4.69, 9.17) is 0 Å². The predicted octanol–water partition coefficient (Wildman–Crippen LogP) is 2.65. The van der Waals surface area contributed by atoms with E-state index >= 15 is 0 Å². The Labute approximate surface area is 170 Å². The van der Waals surface area contributed by atoms with Gasteiger partial charge in [-0.2, -0.15) is 8.78 Å². The molecule has 0 atom stereocenters. The van der Waals surface area contributed by atoms with E-state index in [1.54, 1.807) is 40.1 Å². The number of rotatable bonds is 7. The minimum absolute atomic E-state index is 0. The van der Waals surface area contributed by atoms with Crippen molar-refractivity contribution in [2.24, 2.45) is 10.4 Å². The van der Waals surface area contributed by atoms with Crippen molar-refractivity contribution in [2.45, 2.75) is 33.9 Å². The second kappa shape index (κ2) is 11.1. The van der Waals surface area contributed by atoms with Gasteiger partial charge in [0.1, 0.15) is 5.75 Å². The SMILES string of the molecule is CN=C(NCc1cc(C)ccc1OC(F)F)NCC(C)(C)C(=O)NC.I. The van der Waals surface area contributed by atoms with E-state index in [2.05, 4.69) is 25.7 Å². The van der Waals surface area contributed by atoms with Gasteiger partial charge in [-0.05, 0) is 26.8 Å². The summed E-state index contributed by atoms with van der Waals surface area (Å²) in [6.07, 6.45) is 0. The molecule has 0 fully saturated rings. The summed E-state index contributed by atoms with van der Waals surface area (Å²) in [6, 6.07) is 5.00. The molecule has 1 rings (SSSR count). The molecule has 0 bridgehead atoms. The first kappa shape index (κ1) is 24.4. The van der Waals surface area contributed by atoms with Gasteiger partial charge in [0.2, 0.25) is 5.91 Å². The lowest BCUT2D eigenvalue weighted by Gasteiger charge is -2.24. The maximum Gasteiger partial charge on any atom is 0.387 e. The number of nitrogens with zero attached hydrogens (tertiary/aromatic N) is 1. The summed E-state index contributed by atoms with van der Waals surface area (Å²) in [5, 5.41) is 8.71. The third-order valence-corrected chi connectivity index (χ3v) is 3.64. The second-order valence-corrected chi connectivity index (χ2v) is 6.23. The zero-order valence-corrected chi connectivity index (χ0v) is 18.0. The Morgan fingerprint density at radius 2 is 1.96 bits per heavy atom. The van der Waals surface area contributed by atoms with Gasteiger partial charge in [-0.3, -0.25) is 9.79 Å². The van der Waals surface area contributed by atoms with Gasteiger partial charge in [-0.25, -0.2) is 0 Å². The fourth-order valence-corrected chi connectivity index (χ4v) is 2.18. The van der Waals surface area contributed by atoms with E-state index in [1.807, 2.05) is 6.92 Å². The van der Waals surface area contributed by atoms with Crippen molar-refractivity contribution in [3.05, 3.63) is 29.3 Å². The number of benzene rings is 1. The lowest BCUT2D eigenvalue weighted by atomic mass is 9.92. The minimum Gasteiger partial charge on any atom is -0.434 e. The van der Waals surface area contributed by atoms with Crippen LogP contribution in [0.3, 0.4) is 0 Å². The summed E-state index contributed by atoms with van der Waals surface area (Å²) in [4.78, 5) is 15.9. The number of aryl methyl sites for hydroxylation is 1. The number of hydrogen-bond donors (Lipinski definition) is 3. The van der Waals surface area contributed by atoms with Crippen molar-refractivity contribution in [2.75, 3.05) is 20.6 Å². The van der Waals surface area contributed by atoms with Gasteiger partial charge in [0.15, 0.2) is 5.96 Å². The van der Waals surface area contributed by atoms with Crippen LogP contribution >= 0.6 is 24.0 Å². The first-order chi connectivity index (χ1) is 11.7. The van der Waals surface area contributed by atoms with Gasteiger partial charge in [-0.15, -0.1) is 24.0 Å². The van der Waals surface area contributed by atoms with E-state index in [0.29, 0.717) is 18.1 Å². The normalized spacial score (nSPS) is 11.6. The summed E-state index contributed by atoms with van der Waals surface area (Å²) in [6.45, 7) is 3.22. The van der Waals surface area contributed by atoms with Crippen LogP contribution in [-0.2, 0) is 11.3 Å². The van der Waals surface area contributed by atoms with Gasteiger partial charge in [0, 0.05) is 32.7 Å². The Kier molecular flexibility index (Phi) is 10.4. The van der Waals surface area contributed by atoms with Crippen LogP contribution in [0.1, 0.15) is 25.0 Å². The Balaban J connectivity index is 0.00000625. The smallest absolute Gasteiger partial charge is 0.387 e. The van der Waals surface area contributed by atoms with Crippen LogP contribution in [0.15, 0.2) is 23.2 Å². The molecule has 0 heterocycles. The molecule has 0 unspecified atom stereocenters. The lowest BCUT2D eigenvalue weighted by Crippen LogP contribution is -2.47. The third-order valence-electron chi connectivity index (χ3n) is 3.64. The Morgan fingerprint density at radius 3 is 2.50 bits per heavy atom. The molecule has 0 aliphatic heterocycles. The van der Waals surface area contributed by atoms with E-state index < -0.39 is 12.0 Å². The van der Waals surface area contributed by atoms with Crippen LogP contribution < -0.4 is 20.7 Å². The molecule has 3 N–H and O–H groups in total. The highest BCUT2D eigenvalue weighted by atomic mass is 127. The topological polar surface area (TPSA) is 74.8 Å². The summed E-state index contributed by atoms with van der Waals surface area (Å²) in [5.41, 5.74) is 0.899. The molecule has 1 aromatic carbocycles. The molecule has 0 aliphatic rings. The number of carbonyl (C=O) groups is 1. The first-order valence-corrected chi connectivity index (χ1v) is 7.90. The van der Waals surface area contributed by atoms with E-state index in [0.717, 1.165) is 5.56 Å². The predicted molar refractivity (Wildman–Crippen MR) is 109 cm³/mol. The van der Waals surface area contributed by atoms with E-state index in [1.165, 1.54) is 6.07 Å². The van der Waals surface area contributed by atoms with Gasteiger partial charge in [0.25, 0.3) is 0 Å². The van der Waals surface area contributed by atoms with Gasteiger partial charge < -0.3 is 20.7 Å². The van der Waals surface area contributed by atoms with Crippen LogP contribution in [0, 0.1) is 12.3 Å². The molecule has 0 saturated carbocycles. The fraction of sp³-hybridized carbons (Fsp3) is 0.529. The van der Waals surface area contributed by atoms with Gasteiger partial charge in [-0.1, -0.05) is 17.7 Å². The van der Waals surface area contributed by atoms with Crippen LogP contribution in [0.2, 0.25) is 0 Å². The summed E-state index contributed by atoms with van der Waals surface area (Å²) in [7, 11) is 3.18. The number of aliphatic imine (C=N–C) groups is 1. The molecule has 0 aliphatic carbocycles. The van der Waals surface area contributed by atoms with Gasteiger partial charge in [0.05, 0.1) is 5.41 Å². The largest absolute Gasteiger partial charge is 0.434 e. The molecule has 1 amide bonds. The fourth-order valence-electron chi connectivity index (χ4n) is 2.18. The van der Waals surface area contributed by atoms with Crippen LogP contribution in [-0.4, -0.2) is 39.1 Å². The summed E-state index contributed by atoms with van der Waals surface area (Å²) >= 11 is 0. The summed E-state index contributed by atoms with van der Waals surface area (Å²) in [5.74, 6) is 0.484. The Hall–Kier alpha value is -1.65. The van der Waals surface area contributed by atoms with Gasteiger partial charge >= 0.3 is 6.61 Å². The number of amides is 1. The van der Waals surface area contributed by atoms with Crippen molar-refractivity contribution in [3.8, 4) is 5.75 Å². The van der Waals surface area contributed by atoms with E-state index in [9.17, 15) is 13.6 Å². The molecular weight excluding hydrogens is 457 g/mol. The van der Waals surface area contributed by atoms with Crippen molar-refractivity contribution in [3.63, 3.8) is 0 Å². The number of alkyl halides is 2. The zero-order valence-electron chi connectivity index (χ0n) is 15.7. The average molecular weight is 484 g/mol. The van der Waals surface area contributed by atoms with Crippen LogP contribution in [0.5, 0.6) is 5.75 Å². The number of carbonyl (C=O) groups excluding carboxylic acids is 1. The molecule has 6 nitrogen and oxygen atoms in total. The van der Waals surface area contributed by atoms with E-state index in [-0.39, 0.29) is 42.2 Å². The standard InChI is InChI=1S/C17H26F2N4O2.HI/c1-11-6-7-13(25-15(18)19)12(8-11)9-22-16(21-5)23-10-17(2,3)14(24)20-4;/h6-8,15H,9-10H2,1-5H3,(H,20,24)(H2,21,22,23);1H. The molecule has 26 heavy (non-hydrogen) atoms. The highest BCUT2D eigenvalue weighted by molar-refractivity contribution is 14.0. The minimum atomic E-state index is -2.88. The highest BCUT2D eigenvalue weighted by Crippen LogP contribution is 2.22. The zero-order chi connectivity index (χ0) is 19.0. The molecule has 0 radical (unpaired) electrons. The molecule has 0 aromatic heterocycles. The molecule has 9 heteroatoms. The van der Waals surface area contributed by atoms with Crippen molar-refractivity contribution in [1.29, 1.82) is 0 Å². The van der Waals surface area contributed by atoms with Crippen LogP contribution in [0.25, 0.3) is 0 Å². The number of guanidine groups is 1. The summed E-state index contributed by atoms with van der Waals surface area (Å²) < 4.78 is 29.6. The Morgan fingerprint density at radius 1 is 1.31 bits per heavy atom. The number of halogens is 3. The molecular formula is C17H27F2IN4O2. The molecule has 0 saturated heterocycles. The van der Waals surface area contributed by atoms with Crippen molar-refractivity contribution >= 4 is 35.8 Å². The monoisotopic (exact) mass is 484 g/mol. The number of ether oxygens (including phenoxy) is 1. The van der Waals surface area contributed by atoms with Crippen molar-refractivity contribution < 1.29 is 18.3 Å². The lowest BCUT2D eigenvalue weighted by molar-refractivity contribution is -0.128.